The lowest BCUT2D eigenvalue weighted by molar-refractivity contribution is -0.138. The van der Waals surface area contributed by atoms with Gasteiger partial charge in [-0.3, -0.25) is 9.36 Å². The second kappa shape index (κ2) is 13.1. The summed E-state index contributed by atoms with van der Waals surface area (Å²) in [4.78, 5) is 44.7. The van der Waals surface area contributed by atoms with Gasteiger partial charge in [-0.2, -0.15) is 0 Å². The quantitative estimate of drug-likeness (QED) is 0.202. The number of carboxylic acids is 1. The number of carboxylic acid groups (broad SMARTS) is 1. The molecule has 0 aliphatic carbocycles. The van der Waals surface area contributed by atoms with E-state index in [2.05, 4.69) is 0 Å². The van der Waals surface area contributed by atoms with Crippen molar-refractivity contribution < 1.29 is 33.3 Å². The maximum atomic E-state index is 14.2. The van der Waals surface area contributed by atoms with Crippen LogP contribution >= 0.6 is 22.9 Å². The number of fused-ring (bicyclic) bond motifs is 1. The molecular formula is C35H27ClN2O8S. The van der Waals surface area contributed by atoms with Gasteiger partial charge in [0.05, 0.1) is 53.3 Å². The lowest BCUT2D eigenvalue weighted by atomic mass is 9.93. The fourth-order valence-corrected chi connectivity index (χ4v) is 6.52. The molecule has 1 aliphatic heterocycles. The van der Waals surface area contributed by atoms with Crippen molar-refractivity contribution in [1.29, 1.82) is 0 Å². The number of carbonyl (C=O) groups excluding carboxylic acids is 1. The molecule has 1 N–H and O–H groups in total. The number of hydrogen-bond acceptors (Lipinski definition) is 9. The first-order valence-electron chi connectivity index (χ1n) is 14.4. The van der Waals surface area contributed by atoms with Crippen LogP contribution in [0.15, 0.2) is 98.6 Å². The van der Waals surface area contributed by atoms with Gasteiger partial charge in [-0.05, 0) is 55.0 Å². The normalized spacial score (nSPS) is 14.4. The van der Waals surface area contributed by atoms with Crippen LogP contribution in [0.3, 0.4) is 0 Å². The van der Waals surface area contributed by atoms with E-state index in [1.54, 1.807) is 49.4 Å². The number of ether oxygens (including phenoxy) is 3. The fourth-order valence-electron chi connectivity index (χ4n) is 5.34. The zero-order chi connectivity index (χ0) is 33.2. The summed E-state index contributed by atoms with van der Waals surface area (Å²) in [6.45, 7) is 1.83. The first-order chi connectivity index (χ1) is 22.7. The third kappa shape index (κ3) is 5.98. The molecule has 2 aromatic heterocycles. The van der Waals surface area contributed by atoms with E-state index in [1.165, 1.54) is 30.9 Å². The van der Waals surface area contributed by atoms with Crippen molar-refractivity contribution in [3.8, 4) is 22.8 Å². The van der Waals surface area contributed by atoms with Gasteiger partial charge in [0.25, 0.3) is 5.56 Å². The minimum Gasteiger partial charge on any atom is -0.493 e. The number of aromatic carboxylic acids is 1. The Morgan fingerprint density at radius 1 is 1.00 bits per heavy atom. The minimum atomic E-state index is -1.16. The molecule has 0 fully saturated rings. The predicted octanol–water partition coefficient (Wildman–Crippen LogP) is 5.56. The van der Waals surface area contributed by atoms with Crippen LogP contribution in [-0.2, 0) is 9.53 Å². The number of methoxy groups -OCH3 is 2. The van der Waals surface area contributed by atoms with E-state index in [-0.39, 0.29) is 22.8 Å². The molecule has 3 aromatic carbocycles. The van der Waals surface area contributed by atoms with Crippen LogP contribution in [-0.4, -0.2) is 42.4 Å². The topological polar surface area (TPSA) is 130 Å². The molecule has 1 atom stereocenters. The molecule has 0 amide bonds. The Morgan fingerprint density at radius 3 is 2.47 bits per heavy atom. The number of nitrogens with zero attached hydrogens (tertiary/aromatic N) is 2. The van der Waals surface area contributed by atoms with Crippen LogP contribution in [0, 0.1) is 0 Å². The Hall–Kier alpha value is -5.39. The first-order valence-corrected chi connectivity index (χ1v) is 15.6. The fraction of sp³-hybridized carbons (Fsp3) is 0.143. The van der Waals surface area contributed by atoms with E-state index in [4.69, 9.17) is 35.2 Å². The smallest absolute Gasteiger partial charge is 0.338 e. The number of hydrogen-bond donors (Lipinski definition) is 1. The highest BCUT2D eigenvalue weighted by Gasteiger charge is 2.35. The van der Waals surface area contributed by atoms with Crippen LogP contribution in [0.4, 0.5) is 0 Å². The number of aromatic nitrogens is 1. The van der Waals surface area contributed by atoms with Crippen LogP contribution in [0.5, 0.6) is 11.5 Å². The lowest BCUT2D eigenvalue weighted by Crippen LogP contribution is -2.40. The van der Waals surface area contributed by atoms with Crippen molar-refractivity contribution >= 4 is 46.6 Å². The summed E-state index contributed by atoms with van der Waals surface area (Å²) in [5.74, 6) is -0.118. The molecule has 47 heavy (non-hydrogen) atoms. The minimum absolute atomic E-state index is 0.0581. The van der Waals surface area contributed by atoms with Crippen molar-refractivity contribution in [2.75, 3.05) is 20.8 Å². The third-order valence-corrected chi connectivity index (χ3v) is 8.79. The second-order valence-electron chi connectivity index (χ2n) is 10.2. The molecule has 0 saturated carbocycles. The van der Waals surface area contributed by atoms with Gasteiger partial charge in [-0.25, -0.2) is 14.6 Å². The van der Waals surface area contributed by atoms with Crippen molar-refractivity contribution in [2.45, 2.75) is 13.0 Å². The molecule has 0 unspecified atom stereocenters. The van der Waals surface area contributed by atoms with Crippen molar-refractivity contribution in [3.63, 3.8) is 0 Å². The molecule has 3 heterocycles. The highest BCUT2D eigenvalue weighted by Crippen LogP contribution is 2.38. The standard InChI is InChI=1S/C35H27ClN2O8S/c1-4-45-34(42)29-30(19-8-6-5-7-9-19)37-35-38(31(29)21-11-14-26(43-2)27(17-21)44-3)32(39)28(47-35)18-22-12-15-25(46-22)20-10-13-24(36)23(16-20)33(40)41/h5-18,31H,4H2,1-3H3,(H,40,41)/b28-18-/t31-/m0/s1. The van der Waals surface area contributed by atoms with Gasteiger partial charge in [0, 0.05) is 17.2 Å². The summed E-state index contributed by atoms with van der Waals surface area (Å²) in [6.07, 6.45) is 1.59. The van der Waals surface area contributed by atoms with Crippen molar-refractivity contribution in [3.05, 3.63) is 132 Å². The van der Waals surface area contributed by atoms with Gasteiger partial charge >= 0.3 is 11.9 Å². The largest absolute Gasteiger partial charge is 0.493 e. The van der Waals surface area contributed by atoms with Gasteiger partial charge in [-0.1, -0.05) is 59.3 Å². The summed E-state index contributed by atoms with van der Waals surface area (Å²) in [6, 6.07) is 21.4. The molecule has 12 heteroatoms. The monoisotopic (exact) mass is 670 g/mol. The van der Waals surface area contributed by atoms with E-state index in [0.29, 0.717) is 54.7 Å². The van der Waals surface area contributed by atoms with Crippen LogP contribution in [0.2, 0.25) is 5.02 Å². The van der Waals surface area contributed by atoms with E-state index >= 15 is 0 Å². The summed E-state index contributed by atoms with van der Waals surface area (Å²) < 4.78 is 24.3. The maximum Gasteiger partial charge on any atom is 0.338 e. The second-order valence-corrected chi connectivity index (χ2v) is 11.7. The first kappa shape index (κ1) is 31.6. The van der Waals surface area contributed by atoms with Crippen molar-refractivity contribution in [2.24, 2.45) is 4.99 Å². The molecule has 6 rings (SSSR count). The molecule has 5 aromatic rings. The highest BCUT2D eigenvalue weighted by molar-refractivity contribution is 7.07. The molecular weight excluding hydrogens is 644 g/mol. The maximum absolute atomic E-state index is 14.2. The number of esters is 1. The highest BCUT2D eigenvalue weighted by atomic mass is 35.5. The van der Waals surface area contributed by atoms with Crippen LogP contribution in [0.25, 0.3) is 23.1 Å². The molecule has 0 radical (unpaired) electrons. The zero-order valence-electron chi connectivity index (χ0n) is 25.4. The molecule has 238 valence electrons. The molecule has 1 aliphatic rings. The lowest BCUT2D eigenvalue weighted by Gasteiger charge is -2.26. The Balaban J connectivity index is 1.55. The van der Waals surface area contributed by atoms with Gasteiger partial charge in [0.2, 0.25) is 0 Å². The molecule has 0 bridgehead atoms. The zero-order valence-corrected chi connectivity index (χ0v) is 26.9. The molecule has 0 spiro atoms. The summed E-state index contributed by atoms with van der Waals surface area (Å²) in [5, 5.41) is 9.58. The number of rotatable bonds is 9. The molecule has 10 nitrogen and oxygen atoms in total. The predicted molar refractivity (Wildman–Crippen MR) is 177 cm³/mol. The van der Waals surface area contributed by atoms with E-state index in [0.717, 1.165) is 11.3 Å². The number of halogens is 1. The Bertz CT molecular complexity index is 2230. The third-order valence-electron chi connectivity index (χ3n) is 7.48. The van der Waals surface area contributed by atoms with Crippen LogP contribution in [0.1, 0.15) is 40.2 Å². The number of thiazole rings is 1. The van der Waals surface area contributed by atoms with E-state index < -0.39 is 23.5 Å². The number of furan rings is 1. The Labute approximate surface area is 277 Å². The summed E-state index contributed by atoms with van der Waals surface area (Å²) >= 11 is 7.18. The Kier molecular flexibility index (Phi) is 8.84. The van der Waals surface area contributed by atoms with Crippen molar-refractivity contribution in [1.82, 2.24) is 4.57 Å². The Morgan fingerprint density at radius 2 is 1.77 bits per heavy atom. The average molecular weight is 671 g/mol. The summed E-state index contributed by atoms with van der Waals surface area (Å²) in [5.41, 5.74) is 1.89. The van der Waals surface area contributed by atoms with Gasteiger partial charge in [0.15, 0.2) is 16.3 Å². The number of carbonyl (C=O) groups is 2. The van der Waals surface area contributed by atoms with Gasteiger partial charge < -0.3 is 23.7 Å². The molecule has 0 saturated heterocycles. The average Bonchev–Trinajstić information content (AvgIpc) is 3.68. The SMILES string of the molecule is CCOC(=O)C1=C(c2ccccc2)N=c2s/c(=C\c3ccc(-c4ccc(Cl)c(C(=O)O)c4)o3)c(=O)n2[C@H]1c1ccc(OC)c(OC)c1. The van der Waals surface area contributed by atoms with E-state index in [9.17, 15) is 19.5 Å². The van der Waals surface area contributed by atoms with Crippen LogP contribution < -0.4 is 24.4 Å². The summed E-state index contributed by atoms with van der Waals surface area (Å²) in [7, 11) is 3.03. The van der Waals surface area contributed by atoms with Gasteiger partial charge in [-0.15, -0.1) is 0 Å². The van der Waals surface area contributed by atoms with Gasteiger partial charge in [0.1, 0.15) is 11.5 Å². The van der Waals surface area contributed by atoms with E-state index in [1.807, 2.05) is 30.3 Å². The number of benzene rings is 3.